The quantitative estimate of drug-likeness (QED) is 0.679. The number of amides is 2. The number of nitrogens with zero attached hydrogens (tertiary/aromatic N) is 2. The lowest BCUT2D eigenvalue weighted by Crippen LogP contribution is -2.41. The van der Waals surface area contributed by atoms with Crippen molar-refractivity contribution < 1.29 is 14.3 Å². The summed E-state index contributed by atoms with van der Waals surface area (Å²) in [6.45, 7) is 1.13. The summed E-state index contributed by atoms with van der Waals surface area (Å²) < 4.78 is 5.77. The molecule has 0 spiro atoms. The highest BCUT2D eigenvalue weighted by molar-refractivity contribution is 7.13. The molecule has 0 bridgehead atoms. The molecule has 1 N–H and O–H groups in total. The van der Waals surface area contributed by atoms with E-state index in [0.717, 1.165) is 5.75 Å². The Morgan fingerprint density at radius 3 is 2.34 bits per heavy atom. The average molecular weight is 407 g/mol. The summed E-state index contributed by atoms with van der Waals surface area (Å²) in [5.74, 6) is 1.31. The predicted molar refractivity (Wildman–Crippen MR) is 112 cm³/mol. The number of thiazole rings is 1. The maximum absolute atomic E-state index is 12.8. The summed E-state index contributed by atoms with van der Waals surface area (Å²) in [5.41, 5.74) is 0.621. The summed E-state index contributed by atoms with van der Waals surface area (Å²) >= 11 is 1.40. The monoisotopic (exact) mass is 407 g/mol. The van der Waals surface area contributed by atoms with E-state index in [-0.39, 0.29) is 17.7 Å². The maximum atomic E-state index is 12.8. The number of carbonyl (C=O) groups is 2. The first-order valence-corrected chi connectivity index (χ1v) is 10.4. The van der Waals surface area contributed by atoms with Crippen molar-refractivity contribution in [2.75, 3.05) is 18.4 Å². The molecule has 6 nitrogen and oxygen atoms in total. The molecule has 7 heteroatoms. The van der Waals surface area contributed by atoms with Crippen LogP contribution < -0.4 is 10.1 Å². The summed E-state index contributed by atoms with van der Waals surface area (Å²) in [6.07, 6.45) is 2.97. The topological polar surface area (TPSA) is 71.5 Å². The minimum atomic E-state index is -0.0930. The van der Waals surface area contributed by atoms with E-state index in [0.29, 0.717) is 42.4 Å². The Labute approximate surface area is 173 Å². The fraction of sp³-hybridized carbons (Fsp3) is 0.227. The fourth-order valence-electron chi connectivity index (χ4n) is 3.31. The van der Waals surface area contributed by atoms with E-state index < -0.39 is 0 Å². The molecule has 2 heterocycles. The molecule has 4 rings (SSSR count). The third-order valence-electron chi connectivity index (χ3n) is 4.90. The summed E-state index contributed by atoms with van der Waals surface area (Å²) in [7, 11) is 0. The van der Waals surface area contributed by atoms with E-state index in [2.05, 4.69) is 10.3 Å². The van der Waals surface area contributed by atoms with Gasteiger partial charge in [-0.25, -0.2) is 4.98 Å². The molecular formula is C22H21N3O3S. The van der Waals surface area contributed by atoms with E-state index >= 15 is 0 Å². The number of rotatable bonds is 5. The zero-order valence-electron chi connectivity index (χ0n) is 15.8. The lowest BCUT2D eigenvalue weighted by atomic mass is 9.95. The first-order chi connectivity index (χ1) is 14.2. The van der Waals surface area contributed by atoms with Crippen molar-refractivity contribution in [1.82, 2.24) is 9.88 Å². The molecule has 0 atom stereocenters. The van der Waals surface area contributed by atoms with Crippen LogP contribution in [0.2, 0.25) is 0 Å². The SMILES string of the molecule is O=C(Nc1nccs1)C1CCN(C(=O)c2ccc(Oc3ccccc3)cc2)CC1. The Balaban J connectivity index is 1.30. The fourth-order valence-corrected chi connectivity index (χ4v) is 3.84. The van der Waals surface area contributed by atoms with E-state index in [1.807, 2.05) is 35.7 Å². The molecule has 0 saturated carbocycles. The Morgan fingerprint density at radius 2 is 1.69 bits per heavy atom. The van der Waals surface area contributed by atoms with E-state index in [4.69, 9.17) is 4.74 Å². The van der Waals surface area contributed by atoms with Gasteiger partial charge in [0.1, 0.15) is 11.5 Å². The van der Waals surface area contributed by atoms with Crippen molar-refractivity contribution in [2.45, 2.75) is 12.8 Å². The van der Waals surface area contributed by atoms with Crippen molar-refractivity contribution in [2.24, 2.45) is 5.92 Å². The van der Waals surface area contributed by atoms with Gasteiger partial charge in [0, 0.05) is 36.1 Å². The minimum absolute atomic E-state index is 0.0185. The number of carbonyl (C=O) groups excluding carboxylic acids is 2. The van der Waals surface area contributed by atoms with E-state index in [1.54, 1.807) is 35.4 Å². The van der Waals surface area contributed by atoms with Crippen LogP contribution in [-0.4, -0.2) is 34.8 Å². The number of nitrogens with one attached hydrogen (secondary N) is 1. The lowest BCUT2D eigenvalue weighted by molar-refractivity contribution is -0.121. The Bertz CT molecular complexity index is 951. The molecule has 0 unspecified atom stereocenters. The number of piperidine rings is 1. The first-order valence-electron chi connectivity index (χ1n) is 9.51. The number of benzene rings is 2. The van der Waals surface area contributed by atoms with Crippen molar-refractivity contribution in [3.63, 3.8) is 0 Å². The zero-order valence-corrected chi connectivity index (χ0v) is 16.6. The van der Waals surface area contributed by atoms with Gasteiger partial charge in [0.2, 0.25) is 5.91 Å². The Kier molecular flexibility index (Phi) is 5.86. The Morgan fingerprint density at radius 1 is 1.00 bits per heavy atom. The maximum Gasteiger partial charge on any atom is 0.253 e. The van der Waals surface area contributed by atoms with Gasteiger partial charge in [-0.15, -0.1) is 11.3 Å². The number of ether oxygens (including phenoxy) is 1. The molecule has 2 amide bonds. The van der Waals surface area contributed by atoms with Gasteiger partial charge < -0.3 is 15.0 Å². The normalized spacial score (nSPS) is 14.4. The van der Waals surface area contributed by atoms with Gasteiger partial charge in [0.15, 0.2) is 5.13 Å². The molecule has 1 aliphatic rings. The van der Waals surface area contributed by atoms with Gasteiger partial charge >= 0.3 is 0 Å². The van der Waals surface area contributed by atoms with Gasteiger partial charge in [-0.3, -0.25) is 9.59 Å². The van der Waals surface area contributed by atoms with E-state index in [9.17, 15) is 9.59 Å². The van der Waals surface area contributed by atoms with Crippen LogP contribution in [0, 0.1) is 5.92 Å². The van der Waals surface area contributed by atoms with Crippen molar-refractivity contribution >= 4 is 28.3 Å². The number of aromatic nitrogens is 1. The largest absolute Gasteiger partial charge is 0.457 e. The second kappa shape index (κ2) is 8.87. The molecule has 1 aromatic heterocycles. The third-order valence-corrected chi connectivity index (χ3v) is 5.58. The lowest BCUT2D eigenvalue weighted by Gasteiger charge is -2.31. The standard InChI is InChI=1S/C22H21N3O3S/c26-20(24-22-23-12-15-29-22)16-10-13-25(14-11-16)21(27)17-6-8-19(9-7-17)28-18-4-2-1-3-5-18/h1-9,12,15-16H,10-11,13-14H2,(H,23,24,26). The smallest absolute Gasteiger partial charge is 0.253 e. The summed E-state index contributed by atoms with van der Waals surface area (Å²) in [6, 6.07) is 16.7. The van der Waals surface area contributed by atoms with Gasteiger partial charge in [-0.1, -0.05) is 18.2 Å². The van der Waals surface area contributed by atoms with Gasteiger partial charge in [-0.05, 0) is 49.2 Å². The molecule has 3 aromatic rings. The van der Waals surface area contributed by atoms with Gasteiger partial charge in [0.05, 0.1) is 0 Å². The predicted octanol–water partition coefficient (Wildman–Crippen LogP) is 4.43. The van der Waals surface area contributed by atoms with Crippen molar-refractivity contribution in [3.8, 4) is 11.5 Å². The second-order valence-corrected chi connectivity index (χ2v) is 7.73. The second-order valence-electron chi connectivity index (χ2n) is 6.83. The van der Waals surface area contributed by atoms with Crippen LogP contribution in [0.5, 0.6) is 11.5 Å². The summed E-state index contributed by atoms with van der Waals surface area (Å²) in [5, 5.41) is 5.29. The average Bonchev–Trinajstić information content (AvgIpc) is 3.28. The Hall–Kier alpha value is -3.19. The van der Waals surface area contributed by atoms with Gasteiger partial charge in [0.25, 0.3) is 5.91 Å². The summed E-state index contributed by atoms with van der Waals surface area (Å²) in [4.78, 5) is 31.0. The zero-order chi connectivity index (χ0) is 20.1. The number of hydrogen-bond donors (Lipinski definition) is 1. The highest BCUT2D eigenvalue weighted by atomic mass is 32.1. The molecule has 0 aliphatic carbocycles. The third kappa shape index (κ3) is 4.81. The molecule has 1 fully saturated rings. The molecule has 148 valence electrons. The van der Waals surface area contributed by atoms with Crippen molar-refractivity contribution in [1.29, 1.82) is 0 Å². The van der Waals surface area contributed by atoms with Crippen LogP contribution in [0.1, 0.15) is 23.2 Å². The molecular weight excluding hydrogens is 386 g/mol. The molecule has 1 aliphatic heterocycles. The number of anilines is 1. The van der Waals surface area contributed by atoms with Crippen LogP contribution in [-0.2, 0) is 4.79 Å². The number of para-hydroxylation sites is 1. The van der Waals surface area contributed by atoms with Gasteiger partial charge in [-0.2, -0.15) is 0 Å². The van der Waals surface area contributed by atoms with Crippen LogP contribution in [0.3, 0.4) is 0 Å². The van der Waals surface area contributed by atoms with Crippen LogP contribution >= 0.6 is 11.3 Å². The molecule has 1 saturated heterocycles. The number of likely N-dealkylation sites (tertiary alicyclic amines) is 1. The minimum Gasteiger partial charge on any atom is -0.457 e. The first kappa shape index (κ1) is 19.1. The molecule has 2 aromatic carbocycles. The number of hydrogen-bond acceptors (Lipinski definition) is 5. The van der Waals surface area contributed by atoms with Crippen LogP contribution in [0.25, 0.3) is 0 Å². The van der Waals surface area contributed by atoms with Crippen LogP contribution in [0.4, 0.5) is 5.13 Å². The highest BCUT2D eigenvalue weighted by Crippen LogP contribution is 2.24. The van der Waals surface area contributed by atoms with Crippen LogP contribution in [0.15, 0.2) is 66.2 Å². The molecule has 29 heavy (non-hydrogen) atoms. The van der Waals surface area contributed by atoms with Crippen molar-refractivity contribution in [3.05, 3.63) is 71.7 Å². The molecule has 0 radical (unpaired) electrons. The highest BCUT2D eigenvalue weighted by Gasteiger charge is 2.28. The van der Waals surface area contributed by atoms with E-state index in [1.165, 1.54) is 11.3 Å².